The van der Waals surface area contributed by atoms with Gasteiger partial charge in [0.2, 0.25) is 5.91 Å². The number of hydrogen-bond donors (Lipinski definition) is 0. The molecule has 2 heterocycles. The fourth-order valence-electron chi connectivity index (χ4n) is 3.15. The van der Waals surface area contributed by atoms with E-state index in [4.69, 9.17) is 0 Å². The van der Waals surface area contributed by atoms with E-state index in [-0.39, 0.29) is 5.37 Å². The normalized spacial score (nSPS) is 23.2. The molecule has 1 unspecified atom stereocenters. The van der Waals surface area contributed by atoms with Crippen molar-refractivity contribution in [3.8, 4) is 0 Å². The summed E-state index contributed by atoms with van der Waals surface area (Å²) in [7, 11) is 0. The second-order valence-corrected chi connectivity index (χ2v) is 6.96. The van der Waals surface area contributed by atoms with Crippen LogP contribution >= 0.6 is 11.8 Å². The van der Waals surface area contributed by atoms with Gasteiger partial charge in [0, 0.05) is 13.1 Å². The van der Waals surface area contributed by atoms with Crippen LogP contribution in [0.5, 0.6) is 0 Å². The minimum Gasteiger partial charge on any atom is -0.325 e. The average molecular weight is 304 g/mol. The van der Waals surface area contributed by atoms with Crippen molar-refractivity contribution in [3.63, 3.8) is 0 Å². The van der Waals surface area contributed by atoms with E-state index in [0.29, 0.717) is 11.7 Å². The van der Waals surface area contributed by atoms with Gasteiger partial charge in [0.05, 0.1) is 5.75 Å². The van der Waals surface area contributed by atoms with E-state index < -0.39 is 0 Å². The van der Waals surface area contributed by atoms with Gasteiger partial charge in [0.15, 0.2) is 0 Å². The third-order valence-corrected chi connectivity index (χ3v) is 5.75. The maximum atomic E-state index is 12.2. The van der Waals surface area contributed by atoms with Crippen LogP contribution in [0.15, 0.2) is 24.3 Å². The molecule has 3 rings (SSSR count). The number of aryl methyl sites for hydroxylation is 1. The summed E-state index contributed by atoms with van der Waals surface area (Å²) in [5, 5.41) is 0.214. The Kier molecular flexibility index (Phi) is 4.86. The number of thioether (sulfide) groups is 1. The first-order valence-corrected chi connectivity index (χ1v) is 9.05. The molecule has 2 aliphatic heterocycles. The third-order valence-electron chi connectivity index (χ3n) is 4.50. The Labute approximate surface area is 131 Å². The summed E-state index contributed by atoms with van der Waals surface area (Å²) < 4.78 is 0. The number of likely N-dealkylation sites (tertiary alicyclic amines) is 1. The Hall–Kier alpha value is -1.00. The molecule has 114 valence electrons. The van der Waals surface area contributed by atoms with Crippen LogP contribution in [0.1, 0.15) is 36.3 Å². The van der Waals surface area contributed by atoms with Crippen LogP contribution in [0, 0.1) is 0 Å². The predicted molar refractivity (Wildman–Crippen MR) is 88.4 cm³/mol. The second-order valence-electron chi connectivity index (χ2n) is 5.89. The predicted octanol–water partition coefficient (Wildman–Crippen LogP) is 2.92. The van der Waals surface area contributed by atoms with Crippen molar-refractivity contribution in [3.05, 3.63) is 35.4 Å². The summed E-state index contributed by atoms with van der Waals surface area (Å²) in [5.74, 6) is 0.920. The van der Waals surface area contributed by atoms with E-state index in [9.17, 15) is 4.79 Å². The highest BCUT2D eigenvalue weighted by atomic mass is 32.2. The van der Waals surface area contributed by atoms with Crippen molar-refractivity contribution < 1.29 is 4.79 Å². The number of rotatable bonds is 5. The van der Waals surface area contributed by atoms with Gasteiger partial charge in [-0.1, -0.05) is 31.2 Å². The van der Waals surface area contributed by atoms with Gasteiger partial charge in [0.25, 0.3) is 0 Å². The van der Waals surface area contributed by atoms with Crippen molar-refractivity contribution in [2.45, 2.75) is 31.6 Å². The Balaban J connectivity index is 1.65. The lowest BCUT2D eigenvalue weighted by molar-refractivity contribution is -0.128. The van der Waals surface area contributed by atoms with Crippen molar-refractivity contribution in [1.82, 2.24) is 9.80 Å². The van der Waals surface area contributed by atoms with Crippen LogP contribution in [-0.4, -0.2) is 47.6 Å². The maximum Gasteiger partial charge on any atom is 0.233 e. The molecule has 0 saturated carbocycles. The van der Waals surface area contributed by atoms with Crippen LogP contribution in [-0.2, 0) is 11.2 Å². The molecule has 4 heteroatoms. The highest BCUT2D eigenvalue weighted by molar-refractivity contribution is 8.00. The van der Waals surface area contributed by atoms with Crippen LogP contribution < -0.4 is 0 Å². The lowest BCUT2D eigenvalue weighted by Crippen LogP contribution is -2.36. The Morgan fingerprint density at radius 2 is 1.86 bits per heavy atom. The zero-order chi connectivity index (χ0) is 14.7. The minimum atomic E-state index is 0.214. The molecule has 0 N–H and O–H groups in total. The summed E-state index contributed by atoms with van der Waals surface area (Å²) in [6.45, 7) is 6.46. The van der Waals surface area contributed by atoms with Crippen LogP contribution in [0.2, 0.25) is 0 Å². The van der Waals surface area contributed by atoms with E-state index in [1.807, 2.05) is 0 Å². The topological polar surface area (TPSA) is 23.6 Å². The number of benzene rings is 1. The van der Waals surface area contributed by atoms with E-state index in [2.05, 4.69) is 41.0 Å². The molecule has 1 aromatic carbocycles. The molecule has 0 radical (unpaired) electrons. The molecule has 0 aromatic heterocycles. The van der Waals surface area contributed by atoms with Crippen LogP contribution in [0.25, 0.3) is 0 Å². The number of hydrogen-bond acceptors (Lipinski definition) is 3. The third kappa shape index (κ3) is 3.43. The first-order valence-electron chi connectivity index (χ1n) is 8.00. The SMILES string of the molecule is CCc1ccc(C2SCC(=O)N2CCN2CCCC2)cc1. The van der Waals surface area contributed by atoms with Crippen molar-refractivity contribution in [2.75, 3.05) is 31.9 Å². The molecule has 3 nitrogen and oxygen atoms in total. The standard InChI is InChI=1S/C17H24N2OS/c1-2-14-5-7-15(8-6-14)17-19(16(20)13-21-17)12-11-18-9-3-4-10-18/h5-8,17H,2-4,9-13H2,1H3. The smallest absolute Gasteiger partial charge is 0.233 e. The Morgan fingerprint density at radius 1 is 1.14 bits per heavy atom. The quantitative estimate of drug-likeness (QED) is 0.835. The zero-order valence-corrected chi connectivity index (χ0v) is 13.6. The van der Waals surface area contributed by atoms with E-state index >= 15 is 0 Å². The second kappa shape index (κ2) is 6.84. The number of nitrogens with zero attached hydrogens (tertiary/aromatic N) is 2. The fraction of sp³-hybridized carbons (Fsp3) is 0.588. The molecule has 2 fully saturated rings. The van der Waals surface area contributed by atoms with Gasteiger partial charge in [-0.15, -0.1) is 11.8 Å². The molecule has 2 saturated heterocycles. The van der Waals surface area contributed by atoms with Crippen LogP contribution in [0.4, 0.5) is 0 Å². The fourth-order valence-corrected chi connectivity index (χ4v) is 4.36. The maximum absolute atomic E-state index is 12.2. The monoisotopic (exact) mass is 304 g/mol. The van der Waals surface area contributed by atoms with E-state index in [1.165, 1.54) is 37.1 Å². The molecule has 0 bridgehead atoms. The number of carbonyl (C=O) groups is 1. The molecule has 2 aliphatic rings. The summed E-state index contributed by atoms with van der Waals surface area (Å²) in [4.78, 5) is 16.7. The highest BCUT2D eigenvalue weighted by Gasteiger charge is 2.32. The summed E-state index contributed by atoms with van der Waals surface area (Å²) in [5.41, 5.74) is 2.63. The molecule has 1 atom stereocenters. The molecule has 0 spiro atoms. The molecular weight excluding hydrogens is 280 g/mol. The Morgan fingerprint density at radius 3 is 2.52 bits per heavy atom. The van der Waals surface area contributed by atoms with Gasteiger partial charge in [-0.25, -0.2) is 0 Å². The van der Waals surface area contributed by atoms with Crippen molar-refractivity contribution in [2.24, 2.45) is 0 Å². The lowest BCUT2D eigenvalue weighted by atomic mass is 10.1. The lowest BCUT2D eigenvalue weighted by Gasteiger charge is -2.26. The van der Waals surface area contributed by atoms with E-state index in [0.717, 1.165) is 19.5 Å². The van der Waals surface area contributed by atoms with Crippen LogP contribution in [0.3, 0.4) is 0 Å². The summed E-state index contributed by atoms with van der Waals surface area (Å²) in [6, 6.07) is 8.77. The van der Waals surface area contributed by atoms with Gasteiger partial charge in [-0.2, -0.15) is 0 Å². The van der Waals surface area contributed by atoms with Gasteiger partial charge >= 0.3 is 0 Å². The van der Waals surface area contributed by atoms with Gasteiger partial charge in [0.1, 0.15) is 5.37 Å². The molecule has 1 amide bonds. The van der Waals surface area contributed by atoms with Gasteiger partial charge < -0.3 is 9.80 Å². The molecule has 1 aromatic rings. The molecule has 21 heavy (non-hydrogen) atoms. The first kappa shape index (κ1) is 14.9. The zero-order valence-electron chi connectivity index (χ0n) is 12.8. The van der Waals surface area contributed by atoms with Crippen molar-refractivity contribution >= 4 is 17.7 Å². The molecule has 0 aliphatic carbocycles. The van der Waals surface area contributed by atoms with Crippen molar-refractivity contribution in [1.29, 1.82) is 0 Å². The highest BCUT2D eigenvalue weighted by Crippen LogP contribution is 2.38. The van der Waals surface area contributed by atoms with Gasteiger partial charge in [-0.05, 0) is 43.5 Å². The largest absolute Gasteiger partial charge is 0.325 e. The number of carbonyl (C=O) groups excluding carboxylic acids is 1. The molecular formula is C17H24N2OS. The Bertz CT molecular complexity index is 482. The summed E-state index contributed by atoms with van der Waals surface area (Å²) >= 11 is 1.77. The summed E-state index contributed by atoms with van der Waals surface area (Å²) in [6.07, 6.45) is 3.69. The number of amides is 1. The average Bonchev–Trinajstić information content (AvgIpc) is 3.15. The van der Waals surface area contributed by atoms with E-state index in [1.54, 1.807) is 11.8 Å². The first-order chi connectivity index (χ1) is 10.3. The minimum absolute atomic E-state index is 0.214. The van der Waals surface area contributed by atoms with Gasteiger partial charge in [-0.3, -0.25) is 4.79 Å².